The van der Waals surface area contributed by atoms with Gasteiger partial charge in [-0.2, -0.15) is 0 Å². The summed E-state index contributed by atoms with van der Waals surface area (Å²) < 4.78 is 10.7. The van der Waals surface area contributed by atoms with E-state index in [1.54, 1.807) is 7.11 Å². The maximum Gasteiger partial charge on any atom is 0.273 e. The zero-order valence-corrected chi connectivity index (χ0v) is 12.5. The minimum absolute atomic E-state index is 0.0123. The van der Waals surface area contributed by atoms with Gasteiger partial charge in [0.2, 0.25) is 0 Å². The molecule has 0 aromatic carbocycles. The number of oxazole rings is 1. The molecule has 1 fully saturated rings. The summed E-state index contributed by atoms with van der Waals surface area (Å²) in [5, 5.41) is 3.01. The second kappa shape index (κ2) is 6.37. The molecular formula is C14H23N3O3. The Labute approximate surface area is 119 Å². The predicted octanol–water partition coefficient (Wildman–Crippen LogP) is 1.07. The number of carbonyl (C=O) groups excluding carboxylic acids is 1. The first-order valence-electron chi connectivity index (χ1n) is 7.06. The van der Waals surface area contributed by atoms with Gasteiger partial charge in [0.15, 0.2) is 12.1 Å². The van der Waals surface area contributed by atoms with Crippen molar-refractivity contribution in [2.75, 3.05) is 20.2 Å². The molecule has 1 aliphatic rings. The Bertz CT molecular complexity index is 458. The highest BCUT2D eigenvalue weighted by atomic mass is 16.5. The highest BCUT2D eigenvalue weighted by Gasteiger charge is 2.35. The number of hydrogen-bond acceptors (Lipinski definition) is 5. The molecule has 6 heteroatoms. The van der Waals surface area contributed by atoms with Crippen LogP contribution in [0, 0.1) is 0 Å². The first kappa shape index (κ1) is 15.0. The Kier molecular flexibility index (Phi) is 4.77. The zero-order chi connectivity index (χ0) is 14.7. The molecule has 0 unspecified atom stereocenters. The number of amides is 1. The molecule has 2 atom stereocenters. The lowest BCUT2D eigenvalue weighted by atomic mass is 10.2. The predicted molar refractivity (Wildman–Crippen MR) is 74.6 cm³/mol. The van der Waals surface area contributed by atoms with Crippen molar-refractivity contribution in [1.29, 1.82) is 0 Å². The molecule has 1 amide bonds. The molecule has 0 saturated carbocycles. The van der Waals surface area contributed by atoms with Gasteiger partial charge in [-0.05, 0) is 13.8 Å². The van der Waals surface area contributed by atoms with Crippen LogP contribution in [-0.2, 0) is 11.2 Å². The molecule has 2 rings (SSSR count). The van der Waals surface area contributed by atoms with Gasteiger partial charge in [-0.15, -0.1) is 0 Å². The Hall–Kier alpha value is -1.40. The second-order valence-electron chi connectivity index (χ2n) is 5.38. The monoisotopic (exact) mass is 281 g/mol. The maximum atomic E-state index is 12.3. The first-order chi connectivity index (χ1) is 9.56. The molecule has 112 valence electrons. The number of methoxy groups -OCH3 is 1. The fraction of sp³-hybridized carbons (Fsp3) is 0.714. The maximum absolute atomic E-state index is 12.3. The van der Waals surface area contributed by atoms with E-state index in [0.29, 0.717) is 23.9 Å². The van der Waals surface area contributed by atoms with Crippen molar-refractivity contribution in [3.05, 3.63) is 17.8 Å². The van der Waals surface area contributed by atoms with Crippen molar-refractivity contribution in [2.24, 2.45) is 0 Å². The van der Waals surface area contributed by atoms with Crippen molar-refractivity contribution in [3.63, 3.8) is 0 Å². The minimum Gasteiger partial charge on any atom is -0.448 e. The third-order valence-electron chi connectivity index (χ3n) is 3.82. The van der Waals surface area contributed by atoms with E-state index >= 15 is 0 Å². The number of rotatable bonds is 5. The molecule has 0 radical (unpaired) electrons. The molecule has 0 spiro atoms. The van der Waals surface area contributed by atoms with Gasteiger partial charge in [-0.1, -0.05) is 6.92 Å². The van der Waals surface area contributed by atoms with Gasteiger partial charge in [-0.25, -0.2) is 4.98 Å². The Morgan fingerprint density at radius 3 is 2.95 bits per heavy atom. The number of nitrogens with zero attached hydrogens (tertiary/aromatic N) is 2. The van der Waals surface area contributed by atoms with Crippen LogP contribution in [0.2, 0.25) is 0 Å². The van der Waals surface area contributed by atoms with Crippen LogP contribution in [0.15, 0.2) is 10.8 Å². The summed E-state index contributed by atoms with van der Waals surface area (Å²) in [4.78, 5) is 18.6. The van der Waals surface area contributed by atoms with Crippen LogP contribution in [0.1, 0.15) is 37.0 Å². The van der Waals surface area contributed by atoms with E-state index < -0.39 is 0 Å². The van der Waals surface area contributed by atoms with E-state index in [4.69, 9.17) is 9.15 Å². The summed E-state index contributed by atoms with van der Waals surface area (Å²) in [6.45, 7) is 7.85. The van der Waals surface area contributed by atoms with Gasteiger partial charge >= 0.3 is 0 Å². The second-order valence-corrected chi connectivity index (χ2v) is 5.38. The Morgan fingerprint density at radius 1 is 1.60 bits per heavy atom. The molecule has 20 heavy (non-hydrogen) atoms. The van der Waals surface area contributed by atoms with Gasteiger partial charge in [0.05, 0.1) is 12.1 Å². The van der Waals surface area contributed by atoms with Crippen LogP contribution in [-0.4, -0.2) is 54.2 Å². The lowest BCUT2D eigenvalue weighted by Gasteiger charge is -2.19. The molecule has 0 aliphatic carbocycles. The third-order valence-corrected chi connectivity index (χ3v) is 3.82. The van der Waals surface area contributed by atoms with E-state index in [2.05, 4.69) is 29.0 Å². The summed E-state index contributed by atoms with van der Waals surface area (Å²) in [5.74, 6) is 0.434. The van der Waals surface area contributed by atoms with Crippen molar-refractivity contribution in [3.8, 4) is 0 Å². The normalized spacial score (nSPS) is 23.4. The number of aromatic nitrogens is 1. The summed E-state index contributed by atoms with van der Waals surface area (Å²) in [5.41, 5.74) is 0.380. The first-order valence-corrected chi connectivity index (χ1v) is 7.06. The van der Waals surface area contributed by atoms with E-state index in [9.17, 15) is 4.79 Å². The van der Waals surface area contributed by atoms with Crippen LogP contribution < -0.4 is 5.32 Å². The molecule has 1 aromatic rings. The van der Waals surface area contributed by atoms with E-state index in [-0.39, 0.29) is 18.1 Å². The smallest absolute Gasteiger partial charge is 0.273 e. The summed E-state index contributed by atoms with van der Waals surface area (Å²) in [6, 6.07) is 0.420. The summed E-state index contributed by atoms with van der Waals surface area (Å²) in [6.07, 6.45) is 1.98. The molecule has 0 bridgehead atoms. The fourth-order valence-corrected chi connectivity index (χ4v) is 2.55. The van der Waals surface area contributed by atoms with Gasteiger partial charge in [0, 0.05) is 32.7 Å². The quantitative estimate of drug-likeness (QED) is 0.874. The molecular weight excluding hydrogens is 258 g/mol. The van der Waals surface area contributed by atoms with Gasteiger partial charge in [0.25, 0.3) is 5.91 Å². The highest BCUT2D eigenvalue weighted by Crippen LogP contribution is 2.17. The topological polar surface area (TPSA) is 67.6 Å². The van der Waals surface area contributed by atoms with Crippen LogP contribution >= 0.6 is 0 Å². The Balaban J connectivity index is 2.03. The van der Waals surface area contributed by atoms with Gasteiger partial charge in [0.1, 0.15) is 5.76 Å². The van der Waals surface area contributed by atoms with E-state index in [1.807, 2.05) is 6.92 Å². The van der Waals surface area contributed by atoms with Gasteiger partial charge in [-0.3, -0.25) is 9.69 Å². The average Bonchev–Trinajstić information content (AvgIpc) is 3.04. The Morgan fingerprint density at radius 2 is 2.35 bits per heavy atom. The third kappa shape index (κ3) is 3.02. The standard InChI is InChI=1S/C14H23N3O3/c1-5-11-13(15-8-20-11)14(18)16-10-6-17(9(2)3)7-12(10)19-4/h8-10,12H,5-7H2,1-4H3,(H,16,18)/t10-,12-/m1/s1. The molecule has 1 aromatic heterocycles. The number of likely N-dealkylation sites (tertiary alicyclic amines) is 1. The van der Waals surface area contributed by atoms with Crippen molar-refractivity contribution in [2.45, 2.75) is 45.4 Å². The largest absolute Gasteiger partial charge is 0.448 e. The number of aryl methyl sites for hydroxylation is 1. The van der Waals surface area contributed by atoms with Crippen LogP contribution in [0.25, 0.3) is 0 Å². The summed E-state index contributed by atoms with van der Waals surface area (Å²) >= 11 is 0. The molecule has 1 saturated heterocycles. The van der Waals surface area contributed by atoms with E-state index in [0.717, 1.165) is 13.1 Å². The van der Waals surface area contributed by atoms with Crippen molar-refractivity contribution >= 4 is 5.91 Å². The number of ether oxygens (including phenoxy) is 1. The lowest BCUT2D eigenvalue weighted by molar-refractivity contribution is 0.0749. The SMILES string of the molecule is CCc1ocnc1C(=O)N[C@@H]1CN(C(C)C)C[C@H]1OC. The highest BCUT2D eigenvalue weighted by molar-refractivity contribution is 5.93. The average molecular weight is 281 g/mol. The molecule has 1 aliphatic heterocycles. The number of hydrogen-bond donors (Lipinski definition) is 1. The van der Waals surface area contributed by atoms with Crippen LogP contribution in [0.3, 0.4) is 0 Å². The summed E-state index contributed by atoms with van der Waals surface area (Å²) in [7, 11) is 1.68. The van der Waals surface area contributed by atoms with E-state index in [1.165, 1.54) is 6.39 Å². The molecule has 1 N–H and O–H groups in total. The minimum atomic E-state index is -0.187. The van der Waals surface area contributed by atoms with Crippen LogP contribution in [0.4, 0.5) is 0 Å². The number of nitrogens with one attached hydrogen (secondary N) is 1. The van der Waals surface area contributed by atoms with Gasteiger partial charge < -0.3 is 14.5 Å². The fourth-order valence-electron chi connectivity index (χ4n) is 2.55. The van der Waals surface area contributed by atoms with Crippen molar-refractivity contribution in [1.82, 2.24) is 15.2 Å². The molecule has 2 heterocycles. The van der Waals surface area contributed by atoms with Crippen LogP contribution in [0.5, 0.6) is 0 Å². The number of carbonyl (C=O) groups is 1. The van der Waals surface area contributed by atoms with Crippen molar-refractivity contribution < 1.29 is 13.9 Å². The lowest BCUT2D eigenvalue weighted by Crippen LogP contribution is -2.44. The molecule has 6 nitrogen and oxygen atoms in total. The zero-order valence-electron chi connectivity index (χ0n) is 12.5.